The van der Waals surface area contributed by atoms with E-state index in [1.54, 1.807) is 14.2 Å². The summed E-state index contributed by atoms with van der Waals surface area (Å²) in [5.74, 6) is 1.92. The standard InChI is InChI=1S/C24H32N4O3.HI/c1-16-7-8-20(12-17(16)2)27-24(25)26-10-5-6-23(29)28-11-9-18-13-21(30-3)22(31-4)14-19(18)15-28;/h7-8,12-14H,5-6,9-11,15H2,1-4H3,(H3,25,26,27);1H. The maximum Gasteiger partial charge on any atom is 0.222 e. The van der Waals surface area contributed by atoms with Crippen molar-refractivity contribution in [3.63, 3.8) is 0 Å². The number of aryl methyl sites for hydroxylation is 2. The number of nitrogens with zero attached hydrogens (tertiary/aromatic N) is 2. The molecule has 8 heteroatoms. The van der Waals surface area contributed by atoms with Crippen LogP contribution in [-0.4, -0.2) is 44.1 Å². The number of ether oxygens (including phenoxy) is 2. The summed E-state index contributed by atoms with van der Waals surface area (Å²) in [7, 11) is 3.26. The number of halogens is 1. The van der Waals surface area contributed by atoms with Crippen LogP contribution in [0, 0.1) is 13.8 Å². The van der Waals surface area contributed by atoms with E-state index in [1.807, 2.05) is 35.2 Å². The molecular formula is C24H33IN4O3. The fraction of sp³-hybridized carbons (Fsp3) is 0.417. The Kier molecular flexibility index (Phi) is 9.61. The number of rotatable bonds is 7. The molecule has 1 aliphatic heterocycles. The van der Waals surface area contributed by atoms with Crippen LogP contribution in [0.3, 0.4) is 0 Å². The van der Waals surface area contributed by atoms with Crippen LogP contribution >= 0.6 is 24.0 Å². The number of carbonyl (C=O) groups is 1. The van der Waals surface area contributed by atoms with Gasteiger partial charge in [-0.2, -0.15) is 0 Å². The molecule has 2 aromatic carbocycles. The van der Waals surface area contributed by atoms with Gasteiger partial charge in [0.25, 0.3) is 0 Å². The van der Waals surface area contributed by atoms with E-state index in [4.69, 9.17) is 15.2 Å². The van der Waals surface area contributed by atoms with Gasteiger partial charge < -0.3 is 25.4 Å². The van der Waals surface area contributed by atoms with Gasteiger partial charge in [0.15, 0.2) is 17.5 Å². The monoisotopic (exact) mass is 552 g/mol. The fourth-order valence-electron chi connectivity index (χ4n) is 3.69. The Balaban J connectivity index is 0.00000363. The van der Waals surface area contributed by atoms with E-state index in [0.29, 0.717) is 44.2 Å². The average molecular weight is 552 g/mol. The lowest BCUT2D eigenvalue weighted by atomic mass is 9.98. The van der Waals surface area contributed by atoms with E-state index in [1.165, 1.54) is 16.7 Å². The first-order valence-corrected chi connectivity index (χ1v) is 10.6. The predicted molar refractivity (Wildman–Crippen MR) is 139 cm³/mol. The molecule has 0 spiro atoms. The van der Waals surface area contributed by atoms with Crippen LogP contribution < -0.4 is 20.5 Å². The van der Waals surface area contributed by atoms with Crippen molar-refractivity contribution in [1.29, 1.82) is 0 Å². The highest BCUT2D eigenvalue weighted by Gasteiger charge is 2.22. The Morgan fingerprint density at radius 1 is 1.09 bits per heavy atom. The largest absolute Gasteiger partial charge is 0.493 e. The first-order valence-electron chi connectivity index (χ1n) is 10.6. The number of amides is 1. The number of guanidine groups is 1. The van der Waals surface area contributed by atoms with Crippen molar-refractivity contribution in [3.8, 4) is 11.5 Å². The van der Waals surface area contributed by atoms with Crippen LogP contribution in [0.25, 0.3) is 0 Å². The van der Waals surface area contributed by atoms with Gasteiger partial charge >= 0.3 is 0 Å². The number of hydrogen-bond acceptors (Lipinski definition) is 4. The fourth-order valence-corrected chi connectivity index (χ4v) is 3.69. The summed E-state index contributed by atoms with van der Waals surface area (Å²) in [6.07, 6.45) is 1.92. The van der Waals surface area contributed by atoms with Gasteiger partial charge in [0, 0.05) is 31.7 Å². The first-order chi connectivity index (χ1) is 14.9. The third kappa shape index (κ3) is 6.51. The Morgan fingerprint density at radius 2 is 1.78 bits per heavy atom. The van der Waals surface area contributed by atoms with Crippen LogP contribution in [0.2, 0.25) is 0 Å². The molecule has 7 nitrogen and oxygen atoms in total. The second kappa shape index (κ2) is 11.9. The predicted octanol–water partition coefficient (Wildman–Crippen LogP) is 4.03. The van der Waals surface area contributed by atoms with E-state index < -0.39 is 0 Å². The van der Waals surface area contributed by atoms with E-state index in [-0.39, 0.29) is 29.9 Å². The highest BCUT2D eigenvalue weighted by atomic mass is 127. The molecule has 0 atom stereocenters. The van der Waals surface area contributed by atoms with Crippen LogP contribution in [-0.2, 0) is 17.8 Å². The van der Waals surface area contributed by atoms with Gasteiger partial charge in [0.1, 0.15) is 0 Å². The summed E-state index contributed by atoms with van der Waals surface area (Å²) in [5, 5.41) is 3.10. The van der Waals surface area contributed by atoms with Gasteiger partial charge in [-0.05, 0) is 73.2 Å². The number of aliphatic imine (C=N–C) groups is 1. The van der Waals surface area contributed by atoms with Crippen molar-refractivity contribution in [3.05, 3.63) is 52.6 Å². The van der Waals surface area contributed by atoms with E-state index in [0.717, 1.165) is 23.4 Å². The third-order valence-electron chi connectivity index (χ3n) is 5.68. The Bertz CT molecular complexity index is 978. The first kappa shape index (κ1) is 25.8. The number of carbonyl (C=O) groups excluding carboxylic acids is 1. The van der Waals surface area contributed by atoms with Gasteiger partial charge in [0.05, 0.1) is 14.2 Å². The molecular weight excluding hydrogens is 519 g/mol. The number of anilines is 1. The lowest BCUT2D eigenvalue weighted by molar-refractivity contribution is -0.132. The van der Waals surface area contributed by atoms with Crippen LogP contribution in [0.4, 0.5) is 5.69 Å². The number of hydrogen-bond donors (Lipinski definition) is 2. The molecule has 0 aromatic heterocycles. The van der Waals surface area contributed by atoms with E-state index >= 15 is 0 Å². The van der Waals surface area contributed by atoms with Crippen molar-refractivity contribution in [2.24, 2.45) is 10.7 Å². The molecule has 0 radical (unpaired) electrons. The topological polar surface area (TPSA) is 89.2 Å². The van der Waals surface area contributed by atoms with Gasteiger partial charge in [-0.3, -0.25) is 9.79 Å². The summed E-state index contributed by atoms with van der Waals surface area (Å²) in [5.41, 5.74) is 11.6. The second-order valence-electron chi connectivity index (χ2n) is 7.84. The van der Waals surface area contributed by atoms with Crippen LogP contribution in [0.15, 0.2) is 35.3 Å². The van der Waals surface area contributed by atoms with Gasteiger partial charge in [-0.25, -0.2) is 0 Å². The minimum absolute atomic E-state index is 0. The number of benzene rings is 2. The molecule has 0 bridgehead atoms. The van der Waals surface area contributed by atoms with Gasteiger partial charge in [-0.1, -0.05) is 6.07 Å². The summed E-state index contributed by atoms with van der Waals surface area (Å²) in [4.78, 5) is 18.9. The molecule has 174 valence electrons. The van der Waals surface area contributed by atoms with Crippen LogP contribution in [0.1, 0.15) is 35.1 Å². The van der Waals surface area contributed by atoms with Crippen molar-refractivity contribution >= 4 is 41.5 Å². The molecule has 3 rings (SSSR count). The maximum atomic E-state index is 12.7. The second-order valence-corrected chi connectivity index (χ2v) is 7.84. The van der Waals surface area contributed by atoms with E-state index in [2.05, 4.69) is 24.2 Å². The van der Waals surface area contributed by atoms with Crippen LogP contribution in [0.5, 0.6) is 11.5 Å². The molecule has 1 amide bonds. The number of nitrogens with one attached hydrogen (secondary N) is 1. The minimum Gasteiger partial charge on any atom is -0.493 e. The quantitative estimate of drug-likeness (QED) is 0.235. The number of fused-ring (bicyclic) bond motifs is 1. The SMILES string of the molecule is COc1cc2c(cc1OC)CN(C(=O)CCCN=C(N)Nc1ccc(C)c(C)c1)CC2.I. The lowest BCUT2D eigenvalue weighted by Crippen LogP contribution is -2.36. The summed E-state index contributed by atoms with van der Waals surface area (Å²) in [6.45, 7) is 5.94. The molecule has 1 aliphatic rings. The van der Waals surface area contributed by atoms with Crippen molar-refractivity contribution in [2.75, 3.05) is 32.6 Å². The minimum atomic E-state index is 0. The Hall–Kier alpha value is -2.49. The lowest BCUT2D eigenvalue weighted by Gasteiger charge is -2.29. The molecule has 0 aliphatic carbocycles. The molecule has 0 saturated carbocycles. The Labute approximate surface area is 207 Å². The van der Waals surface area contributed by atoms with Crippen molar-refractivity contribution < 1.29 is 14.3 Å². The zero-order valence-electron chi connectivity index (χ0n) is 19.2. The molecule has 0 unspecified atom stereocenters. The molecule has 2 aromatic rings. The molecule has 1 heterocycles. The summed E-state index contributed by atoms with van der Waals surface area (Å²) in [6, 6.07) is 10.0. The molecule has 0 fully saturated rings. The molecule has 0 saturated heterocycles. The highest BCUT2D eigenvalue weighted by molar-refractivity contribution is 14.0. The zero-order valence-corrected chi connectivity index (χ0v) is 21.6. The smallest absolute Gasteiger partial charge is 0.222 e. The summed E-state index contributed by atoms with van der Waals surface area (Å²) >= 11 is 0. The van der Waals surface area contributed by atoms with Gasteiger partial charge in [0.2, 0.25) is 5.91 Å². The van der Waals surface area contributed by atoms with E-state index in [9.17, 15) is 4.79 Å². The summed E-state index contributed by atoms with van der Waals surface area (Å²) < 4.78 is 10.8. The van der Waals surface area contributed by atoms with Gasteiger partial charge in [-0.15, -0.1) is 24.0 Å². The highest BCUT2D eigenvalue weighted by Crippen LogP contribution is 2.33. The average Bonchev–Trinajstić information content (AvgIpc) is 2.77. The number of methoxy groups -OCH3 is 2. The maximum absolute atomic E-state index is 12.7. The Morgan fingerprint density at radius 3 is 2.44 bits per heavy atom. The molecule has 32 heavy (non-hydrogen) atoms. The number of nitrogens with two attached hydrogens (primary N) is 1. The van der Waals surface area contributed by atoms with Crippen molar-refractivity contribution in [1.82, 2.24) is 4.90 Å². The van der Waals surface area contributed by atoms with Crippen molar-refractivity contribution in [2.45, 2.75) is 39.7 Å². The normalized spacial score (nSPS) is 13.1. The zero-order chi connectivity index (χ0) is 22.4. The third-order valence-corrected chi connectivity index (χ3v) is 5.68. The molecule has 3 N–H and O–H groups in total.